The minimum atomic E-state index is -0.539. The maximum absolute atomic E-state index is 12.7. The molecule has 1 saturated carbocycles. The van der Waals surface area contributed by atoms with Gasteiger partial charge < -0.3 is 10.2 Å². The maximum atomic E-state index is 12.7. The zero-order valence-electron chi connectivity index (χ0n) is 12.0. The predicted molar refractivity (Wildman–Crippen MR) is 81.3 cm³/mol. The van der Waals surface area contributed by atoms with E-state index in [1.54, 1.807) is 4.90 Å². The normalized spacial score (nSPS) is 36.0. The number of carbonyl (C=O) groups excluding carboxylic acids is 2. The van der Waals surface area contributed by atoms with Crippen LogP contribution >= 0.6 is 15.9 Å². The molecule has 2 aliphatic heterocycles. The van der Waals surface area contributed by atoms with Crippen molar-refractivity contribution in [3.8, 4) is 0 Å². The fraction of sp³-hybridized carbons (Fsp3) is 0.500. The highest BCUT2D eigenvalue weighted by Gasteiger charge is 2.70. The average molecular weight is 349 g/mol. The molecular weight excluding hydrogens is 332 g/mol. The molecule has 4 nitrogen and oxygen atoms in total. The molecule has 0 unspecified atom stereocenters. The van der Waals surface area contributed by atoms with Gasteiger partial charge in [0.2, 0.25) is 5.91 Å². The van der Waals surface area contributed by atoms with Crippen molar-refractivity contribution >= 4 is 27.7 Å². The van der Waals surface area contributed by atoms with Crippen LogP contribution in [-0.4, -0.2) is 29.3 Å². The fourth-order valence-electron chi connectivity index (χ4n) is 4.15. The highest BCUT2D eigenvalue weighted by atomic mass is 79.9. The number of piperidine rings is 1. The number of halogens is 1. The number of hydrogen-bond acceptors (Lipinski definition) is 2. The van der Waals surface area contributed by atoms with E-state index < -0.39 is 6.04 Å². The number of rotatable bonds is 1. The first-order valence-electron chi connectivity index (χ1n) is 7.27. The maximum Gasteiger partial charge on any atom is 0.250 e. The van der Waals surface area contributed by atoms with Crippen LogP contribution in [0.15, 0.2) is 28.7 Å². The van der Waals surface area contributed by atoms with E-state index in [4.69, 9.17) is 0 Å². The van der Waals surface area contributed by atoms with Gasteiger partial charge in [0.25, 0.3) is 5.91 Å². The Morgan fingerprint density at radius 3 is 2.57 bits per heavy atom. The highest BCUT2D eigenvalue weighted by molar-refractivity contribution is 9.10. The first-order chi connectivity index (χ1) is 9.91. The van der Waals surface area contributed by atoms with Crippen molar-refractivity contribution in [2.24, 2.45) is 17.3 Å². The summed E-state index contributed by atoms with van der Waals surface area (Å²) >= 11 is 3.38. The zero-order valence-corrected chi connectivity index (χ0v) is 13.6. The van der Waals surface area contributed by atoms with E-state index >= 15 is 0 Å². The summed E-state index contributed by atoms with van der Waals surface area (Å²) in [4.78, 5) is 27.0. The minimum Gasteiger partial charge on any atom is -0.339 e. The Bertz CT molecular complexity index is 640. The van der Waals surface area contributed by atoms with Gasteiger partial charge in [-0.3, -0.25) is 9.59 Å². The molecule has 0 aromatic heterocycles. The predicted octanol–water partition coefficient (Wildman–Crippen LogP) is 2.10. The van der Waals surface area contributed by atoms with Crippen LogP contribution in [0.25, 0.3) is 0 Å². The molecular formula is C16H17BrN2O2. The molecule has 110 valence electrons. The molecule has 3 fully saturated rings. The number of benzene rings is 1. The summed E-state index contributed by atoms with van der Waals surface area (Å²) in [6.45, 7) is 5.11. The van der Waals surface area contributed by atoms with Crippen LogP contribution in [0.5, 0.6) is 0 Å². The lowest BCUT2D eigenvalue weighted by Crippen LogP contribution is -2.59. The zero-order chi connectivity index (χ0) is 14.9. The Morgan fingerprint density at radius 1 is 1.24 bits per heavy atom. The Morgan fingerprint density at radius 2 is 1.90 bits per heavy atom. The van der Waals surface area contributed by atoms with Gasteiger partial charge in [0.15, 0.2) is 0 Å². The van der Waals surface area contributed by atoms with E-state index in [1.807, 2.05) is 24.3 Å². The molecule has 0 spiro atoms. The third-order valence-electron chi connectivity index (χ3n) is 5.50. The summed E-state index contributed by atoms with van der Waals surface area (Å²) in [5.41, 5.74) is 1.04. The highest BCUT2D eigenvalue weighted by Crippen LogP contribution is 2.65. The first kappa shape index (κ1) is 13.3. The van der Waals surface area contributed by atoms with E-state index in [9.17, 15) is 9.59 Å². The molecule has 1 aliphatic carbocycles. The van der Waals surface area contributed by atoms with Gasteiger partial charge in [-0.25, -0.2) is 0 Å². The van der Waals surface area contributed by atoms with Gasteiger partial charge in [0, 0.05) is 11.0 Å². The molecule has 1 N–H and O–H groups in total. The van der Waals surface area contributed by atoms with E-state index in [0.29, 0.717) is 11.8 Å². The molecule has 5 heteroatoms. The van der Waals surface area contributed by atoms with Crippen LogP contribution in [0.3, 0.4) is 0 Å². The summed E-state index contributed by atoms with van der Waals surface area (Å²) < 4.78 is 0.961. The van der Waals surface area contributed by atoms with Crippen molar-refractivity contribution in [1.29, 1.82) is 0 Å². The molecule has 1 aromatic carbocycles. The van der Waals surface area contributed by atoms with Gasteiger partial charge in [-0.05, 0) is 34.9 Å². The molecule has 0 bridgehead atoms. The number of nitrogens with zero attached hydrogens (tertiary/aromatic N) is 1. The lowest BCUT2D eigenvalue weighted by atomic mass is 9.95. The van der Waals surface area contributed by atoms with Crippen molar-refractivity contribution in [2.45, 2.75) is 25.9 Å². The van der Waals surface area contributed by atoms with Gasteiger partial charge in [0.1, 0.15) is 12.1 Å². The molecule has 1 aromatic rings. The van der Waals surface area contributed by atoms with Crippen LogP contribution in [0, 0.1) is 17.3 Å². The molecule has 3 aliphatic rings. The summed E-state index contributed by atoms with van der Waals surface area (Å²) in [7, 11) is 0. The molecule has 0 radical (unpaired) electrons. The van der Waals surface area contributed by atoms with Gasteiger partial charge in [0.05, 0.1) is 0 Å². The van der Waals surface area contributed by atoms with Crippen molar-refractivity contribution in [3.63, 3.8) is 0 Å². The molecule has 2 heterocycles. The van der Waals surface area contributed by atoms with Gasteiger partial charge >= 0.3 is 0 Å². The van der Waals surface area contributed by atoms with E-state index in [1.165, 1.54) is 0 Å². The van der Waals surface area contributed by atoms with E-state index in [-0.39, 0.29) is 23.3 Å². The molecule has 2 saturated heterocycles. The van der Waals surface area contributed by atoms with Crippen LogP contribution < -0.4 is 5.32 Å². The van der Waals surface area contributed by atoms with Crippen LogP contribution in [0.4, 0.5) is 0 Å². The number of fused-ring (bicyclic) bond motifs is 3. The average Bonchev–Trinajstić information content (AvgIpc) is 2.83. The van der Waals surface area contributed by atoms with Gasteiger partial charge in [-0.15, -0.1) is 0 Å². The van der Waals surface area contributed by atoms with Crippen molar-refractivity contribution in [2.75, 3.05) is 6.54 Å². The van der Waals surface area contributed by atoms with Crippen molar-refractivity contribution in [3.05, 3.63) is 34.3 Å². The minimum absolute atomic E-state index is 0.000550. The molecule has 21 heavy (non-hydrogen) atoms. The standard InChI is InChI=1S/C16H17BrN2O2/c1-16(2)10-7-19-13(11(10)16)14(20)18-12(15(19)21)8-3-5-9(17)6-4-8/h3-6,10-13H,7H2,1-2H3,(H,18,20)/t10-,11-,12+,13-/m0/s1. The smallest absolute Gasteiger partial charge is 0.250 e. The molecule has 4 atom stereocenters. The second kappa shape index (κ2) is 4.09. The summed E-state index contributed by atoms with van der Waals surface area (Å²) in [5.74, 6) is 0.832. The van der Waals surface area contributed by atoms with Crippen LogP contribution in [0.2, 0.25) is 0 Å². The number of hydrogen-bond donors (Lipinski definition) is 1. The van der Waals surface area contributed by atoms with Crippen LogP contribution in [0.1, 0.15) is 25.5 Å². The number of nitrogens with one attached hydrogen (secondary N) is 1. The third-order valence-corrected chi connectivity index (χ3v) is 6.03. The number of piperazine rings is 1. The van der Waals surface area contributed by atoms with E-state index in [0.717, 1.165) is 16.6 Å². The quantitative estimate of drug-likeness (QED) is 0.844. The Labute approximate surface area is 132 Å². The van der Waals surface area contributed by atoms with Crippen molar-refractivity contribution < 1.29 is 9.59 Å². The third kappa shape index (κ3) is 1.73. The molecule has 2 amide bonds. The number of amides is 2. The van der Waals surface area contributed by atoms with E-state index in [2.05, 4.69) is 35.1 Å². The van der Waals surface area contributed by atoms with Crippen LogP contribution in [-0.2, 0) is 9.59 Å². The van der Waals surface area contributed by atoms with Gasteiger partial charge in [-0.1, -0.05) is 41.9 Å². The molecule has 4 rings (SSSR count). The SMILES string of the molecule is CC1(C)[C@@H]2[C@H]3C(=O)N[C@H](c4ccc(Br)cc4)C(=O)N3C[C@@H]21. The van der Waals surface area contributed by atoms with Crippen molar-refractivity contribution in [1.82, 2.24) is 10.2 Å². The lowest BCUT2D eigenvalue weighted by molar-refractivity contribution is -0.149. The number of carbonyl (C=O) groups is 2. The Balaban J connectivity index is 1.63. The summed E-state index contributed by atoms with van der Waals surface area (Å²) in [6, 6.07) is 6.76. The Hall–Kier alpha value is -1.36. The summed E-state index contributed by atoms with van der Waals surface area (Å²) in [5, 5.41) is 2.92. The Kier molecular flexibility index (Phi) is 2.60. The second-order valence-electron chi connectivity index (χ2n) is 6.88. The topological polar surface area (TPSA) is 49.4 Å². The summed E-state index contributed by atoms with van der Waals surface area (Å²) in [6.07, 6.45) is 0. The monoisotopic (exact) mass is 348 g/mol. The lowest BCUT2D eigenvalue weighted by Gasteiger charge is -2.38. The largest absolute Gasteiger partial charge is 0.339 e. The second-order valence-corrected chi connectivity index (χ2v) is 7.80. The fourth-order valence-corrected chi connectivity index (χ4v) is 4.41. The first-order valence-corrected chi connectivity index (χ1v) is 8.07. The van der Waals surface area contributed by atoms with Gasteiger partial charge in [-0.2, -0.15) is 0 Å².